The molecule has 5 rings (SSSR count). The Kier molecular flexibility index (Phi) is 10.6. The van der Waals surface area contributed by atoms with Crippen molar-refractivity contribution >= 4 is 44.4 Å². The van der Waals surface area contributed by atoms with E-state index in [1.165, 1.54) is 12.1 Å². The molecule has 0 atom stereocenters. The zero-order chi connectivity index (χ0) is 31.8. The summed E-state index contributed by atoms with van der Waals surface area (Å²) < 4.78 is 31.5. The van der Waals surface area contributed by atoms with E-state index in [0.29, 0.717) is 46.6 Å². The first-order valence-corrected chi connectivity index (χ1v) is 17.4. The molecule has 3 aromatic carbocycles. The maximum absolute atomic E-state index is 13.4. The molecule has 0 spiro atoms. The van der Waals surface area contributed by atoms with Crippen LogP contribution in [0, 0.1) is 0 Å². The number of H-pyrrole nitrogens is 1. The van der Waals surface area contributed by atoms with E-state index < -0.39 is 9.84 Å². The number of aryl methyl sites for hydroxylation is 3. The minimum Gasteiger partial charge on any atom is -0.483 e. The zero-order valence-corrected chi connectivity index (χ0v) is 27.3. The molecule has 2 N–H and O–H groups in total. The smallest absolute Gasteiger partial charge is 0.255 e. The Labute approximate surface area is 271 Å². The molecule has 10 nitrogen and oxygen atoms in total. The minimum absolute atomic E-state index is 0.0288. The predicted molar refractivity (Wildman–Crippen MR) is 175 cm³/mol. The van der Waals surface area contributed by atoms with E-state index in [0.717, 1.165) is 34.7 Å². The number of carbonyl (C=O) groups excluding carboxylic acids is 1. The Balaban J connectivity index is 1.27. The van der Waals surface area contributed by atoms with E-state index in [1.807, 2.05) is 24.3 Å². The van der Waals surface area contributed by atoms with Crippen molar-refractivity contribution in [2.24, 2.45) is 0 Å². The second kappa shape index (κ2) is 14.8. The summed E-state index contributed by atoms with van der Waals surface area (Å²) >= 11 is 7.57. The summed E-state index contributed by atoms with van der Waals surface area (Å²) in [5, 5.41) is 20.4. The molecule has 0 aliphatic carbocycles. The van der Waals surface area contributed by atoms with E-state index >= 15 is 0 Å². The molecule has 0 saturated carbocycles. The van der Waals surface area contributed by atoms with Gasteiger partial charge in [0.1, 0.15) is 5.75 Å². The number of aromatic nitrogens is 5. The third-order valence-corrected chi connectivity index (χ3v) is 10.1. The lowest BCUT2D eigenvalue weighted by molar-refractivity contribution is 0.102. The number of carbonyl (C=O) groups is 1. The van der Waals surface area contributed by atoms with Crippen LogP contribution in [0.3, 0.4) is 0 Å². The molecule has 45 heavy (non-hydrogen) atoms. The van der Waals surface area contributed by atoms with Crippen molar-refractivity contribution in [2.75, 3.05) is 11.1 Å². The third kappa shape index (κ3) is 8.96. The molecule has 1 amide bonds. The third-order valence-electron chi connectivity index (χ3n) is 7.07. The van der Waals surface area contributed by atoms with Crippen LogP contribution in [0.5, 0.6) is 5.75 Å². The molecule has 13 heteroatoms. The topological polar surface area (TPSA) is 140 Å². The monoisotopic (exact) mass is 664 g/mol. The molecule has 0 radical (unpaired) electrons. The fraction of sp³-hybridized carbons (Fsp3) is 0.281. The molecule has 0 unspecified atom stereocenters. The second-order valence-corrected chi connectivity index (χ2v) is 14.3. The van der Waals surface area contributed by atoms with Gasteiger partial charge < -0.3 is 10.1 Å². The molecule has 0 saturated heterocycles. The van der Waals surface area contributed by atoms with Crippen molar-refractivity contribution in [3.05, 3.63) is 110 Å². The highest BCUT2D eigenvalue weighted by Gasteiger charge is 2.16. The number of thiazole rings is 1. The fourth-order valence-corrected chi connectivity index (χ4v) is 6.98. The summed E-state index contributed by atoms with van der Waals surface area (Å²) in [7, 11) is -3.46. The fourth-order valence-electron chi connectivity index (χ4n) is 4.59. The van der Waals surface area contributed by atoms with E-state index in [2.05, 4.69) is 45.2 Å². The van der Waals surface area contributed by atoms with Crippen LogP contribution in [0.2, 0.25) is 5.02 Å². The van der Waals surface area contributed by atoms with Crippen LogP contribution < -0.4 is 10.1 Å². The summed E-state index contributed by atoms with van der Waals surface area (Å²) in [5.74, 6) is 0.853. The molecule has 2 aromatic heterocycles. The molecular formula is C32H33ClN6O4S2. The molecule has 234 valence electrons. The highest BCUT2D eigenvalue weighted by atomic mass is 35.5. The molecule has 5 aromatic rings. The lowest BCUT2D eigenvalue weighted by atomic mass is 10.1. The number of nitrogens with one attached hydrogen (secondary N) is 2. The minimum atomic E-state index is -3.46. The number of hydrogen-bond donors (Lipinski definition) is 2. The Morgan fingerprint density at radius 1 is 1.02 bits per heavy atom. The number of rotatable bonds is 14. The Bertz CT molecular complexity index is 1840. The molecule has 0 bridgehead atoms. The molecular weight excluding hydrogens is 632 g/mol. The van der Waals surface area contributed by atoms with Gasteiger partial charge in [-0.15, -0.1) is 21.5 Å². The van der Waals surface area contributed by atoms with Crippen molar-refractivity contribution in [1.82, 2.24) is 25.6 Å². The Hall–Kier alpha value is -4.13. The highest BCUT2D eigenvalue weighted by Crippen LogP contribution is 2.28. The molecule has 0 fully saturated rings. The predicted octanol–water partition coefficient (Wildman–Crippen LogP) is 6.46. The number of anilines is 1. The number of amides is 1. The lowest BCUT2D eigenvalue weighted by Gasteiger charge is -2.14. The first-order valence-electron chi connectivity index (χ1n) is 14.5. The van der Waals surface area contributed by atoms with Gasteiger partial charge in [0.25, 0.3) is 5.91 Å². The van der Waals surface area contributed by atoms with E-state index in [-0.39, 0.29) is 23.2 Å². The summed E-state index contributed by atoms with van der Waals surface area (Å²) in [5.41, 5.74) is 3.95. The number of hydrogen-bond acceptors (Lipinski definition) is 9. The van der Waals surface area contributed by atoms with Gasteiger partial charge in [0.15, 0.2) is 16.4 Å². The number of sulfone groups is 1. The van der Waals surface area contributed by atoms with Gasteiger partial charge in [0.2, 0.25) is 5.82 Å². The van der Waals surface area contributed by atoms with E-state index in [4.69, 9.17) is 21.3 Å². The normalized spacial score (nSPS) is 11.6. The number of tetrazole rings is 1. The largest absolute Gasteiger partial charge is 0.483 e. The molecule has 2 heterocycles. The van der Waals surface area contributed by atoms with Gasteiger partial charge in [-0.05, 0) is 84.8 Å². The molecule has 0 aliphatic rings. The van der Waals surface area contributed by atoms with E-state index in [1.54, 1.807) is 41.7 Å². The maximum Gasteiger partial charge on any atom is 0.255 e. The summed E-state index contributed by atoms with van der Waals surface area (Å²) in [6.07, 6.45) is 2.43. The van der Waals surface area contributed by atoms with Gasteiger partial charge in [-0.2, -0.15) is 5.21 Å². The second-order valence-electron chi connectivity index (χ2n) is 10.8. The SMILES string of the molecule is CC(C)c1csc(CCc2cccc(C(=O)Nc3cc(CCCS(=O)(=O)c4ccc(Cl)cc4)ccc3OCc3nn[nH]n3)c2)n1. The number of benzene rings is 3. The van der Waals surface area contributed by atoms with E-state index in [9.17, 15) is 13.2 Å². The number of ether oxygens (including phenoxy) is 1. The van der Waals surface area contributed by atoms with Gasteiger partial charge in [-0.3, -0.25) is 4.79 Å². The Morgan fingerprint density at radius 2 is 1.82 bits per heavy atom. The van der Waals surface area contributed by atoms with Crippen molar-refractivity contribution in [3.8, 4) is 5.75 Å². The van der Waals surface area contributed by atoms with Crippen molar-refractivity contribution in [3.63, 3.8) is 0 Å². The average Bonchev–Trinajstić information content (AvgIpc) is 3.73. The number of halogens is 1. The quantitative estimate of drug-likeness (QED) is 0.138. The molecule has 0 aliphatic heterocycles. The summed E-state index contributed by atoms with van der Waals surface area (Å²) in [6, 6.07) is 19.1. The van der Waals surface area contributed by atoms with Crippen LogP contribution in [-0.4, -0.2) is 45.7 Å². The average molecular weight is 665 g/mol. The van der Waals surface area contributed by atoms with Crippen LogP contribution in [0.25, 0.3) is 0 Å². The Morgan fingerprint density at radius 3 is 2.56 bits per heavy atom. The van der Waals surface area contributed by atoms with Crippen molar-refractivity contribution in [2.45, 2.75) is 57.0 Å². The van der Waals surface area contributed by atoms with Gasteiger partial charge in [-0.25, -0.2) is 13.4 Å². The van der Waals surface area contributed by atoms with Crippen LogP contribution in [-0.2, 0) is 35.7 Å². The van der Waals surface area contributed by atoms with Crippen LogP contribution in [0.1, 0.15) is 64.2 Å². The van der Waals surface area contributed by atoms with Gasteiger partial charge in [0.05, 0.1) is 27.0 Å². The number of nitrogens with zero attached hydrogens (tertiary/aromatic N) is 4. The van der Waals surface area contributed by atoms with Crippen LogP contribution in [0.4, 0.5) is 5.69 Å². The lowest BCUT2D eigenvalue weighted by Crippen LogP contribution is -2.14. The first-order chi connectivity index (χ1) is 21.7. The van der Waals surface area contributed by atoms with Gasteiger partial charge >= 0.3 is 0 Å². The standard InChI is InChI=1S/C32H33ClN6O4S2/c1-21(2)28-20-44-31(34-28)15-9-22-5-3-7-24(17-22)32(40)35-27-18-23(8-14-29(27)43-19-30-36-38-39-37-30)6-4-16-45(41,42)26-12-10-25(33)11-13-26/h3,5,7-8,10-14,17-18,20-21H,4,6,9,15-16,19H2,1-2H3,(H,35,40)(H,36,37,38,39). The van der Waals surface area contributed by atoms with Gasteiger partial charge in [-0.1, -0.05) is 48.9 Å². The number of aromatic amines is 1. The zero-order valence-electron chi connectivity index (χ0n) is 24.9. The maximum atomic E-state index is 13.4. The van der Waals surface area contributed by atoms with Crippen LogP contribution in [0.15, 0.2) is 77.0 Å². The van der Waals surface area contributed by atoms with Crippen LogP contribution >= 0.6 is 22.9 Å². The van der Waals surface area contributed by atoms with Crippen molar-refractivity contribution < 1.29 is 17.9 Å². The first kappa shape index (κ1) is 32.3. The van der Waals surface area contributed by atoms with Gasteiger partial charge in [0, 0.05) is 22.4 Å². The summed E-state index contributed by atoms with van der Waals surface area (Å²) in [4.78, 5) is 18.4. The highest BCUT2D eigenvalue weighted by molar-refractivity contribution is 7.91. The van der Waals surface area contributed by atoms with Crippen molar-refractivity contribution in [1.29, 1.82) is 0 Å². The summed E-state index contributed by atoms with van der Waals surface area (Å²) in [6.45, 7) is 4.31.